The summed E-state index contributed by atoms with van der Waals surface area (Å²) in [5, 5.41) is 17.4. The lowest BCUT2D eigenvalue weighted by Crippen LogP contribution is -1.96. The second kappa shape index (κ2) is 3.32. The van der Waals surface area contributed by atoms with Gasteiger partial charge in [-0.15, -0.1) is 0 Å². The molecule has 0 saturated carbocycles. The van der Waals surface area contributed by atoms with Gasteiger partial charge in [-0.2, -0.15) is 0 Å². The number of pyridine rings is 1. The predicted octanol–water partition coefficient (Wildman–Crippen LogP) is 0.0734. The van der Waals surface area contributed by atoms with Crippen LogP contribution in [-0.4, -0.2) is 22.3 Å². The van der Waals surface area contributed by atoms with Gasteiger partial charge in [0.05, 0.1) is 13.3 Å². The van der Waals surface area contributed by atoms with E-state index in [-0.39, 0.29) is 0 Å². The van der Waals surface area contributed by atoms with E-state index >= 15 is 0 Å². The molecule has 1 rings (SSSR count). The third kappa shape index (κ3) is 1.89. The fraction of sp³-hybridized carbons (Fsp3) is 0.286. The van der Waals surface area contributed by atoms with Gasteiger partial charge in [-0.25, -0.2) is 0 Å². The zero-order chi connectivity index (χ0) is 8.27. The summed E-state index contributed by atoms with van der Waals surface area (Å²) in [5.41, 5.74) is 0.323. The standard InChI is InChI=1S/C7H9NO3/c1-11-6-2-5(7(9)10)3-8-4-6/h2-4,7,9-10H,1H3. The van der Waals surface area contributed by atoms with Crippen molar-refractivity contribution in [1.29, 1.82) is 0 Å². The lowest BCUT2D eigenvalue weighted by molar-refractivity contribution is -0.0428. The summed E-state index contributed by atoms with van der Waals surface area (Å²) in [4.78, 5) is 3.73. The van der Waals surface area contributed by atoms with E-state index in [2.05, 4.69) is 4.98 Å². The second-order valence-electron chi connectivity index (χ2n) is 2.03. The Hall–Kier alpha value is -1.13. The van der Waals surface area contributed by atoms with Crippen molar-refractivity contribution in [3.63, 3.8) is 0 Å². The minimum Gasteiger partial charge on any atom is -0.495 e. The highest BCUT2D eigenvalue weighted by molar-refractivity contribution is 5.23. The van der Waals surface area contributed by atoms with Crippen LogP contribution in [0.15, 0.2) is 18.5 Å². The first-order chi connectivity index (χ1) is 5.24. The van der Waals surface area contributed by atoms with Crippen LogP contribution in [0.1, 0.15) is 11.9 Å². The van der Waals surface area contributed by atoms with Crippen molar-refractivity contribution in [3.05, 3.63) is 24.0 Å². The summed E-state index contributed by atoms with van der Waals surface area (Å²) in [6.45, 7) is 0. The molecule has 11 heavy (non-hydrogen) atoms. The van der Waals surface area contributed by atoms with E-state index in [0.29, 0.717) is 11.3 Å². The average Bonchev–Trinajstić information content (AvgIpc) is 2.05. The molecule has 1 aromatic heterocycles. The van der Waals surface area contributed by atoms with Gasteiger partial charge in [-0.3, -0.25) is 4.98 Å². The molecule has 60 valence electrons. The Morgan fingerprint density at radius 1 is 1.45 bits per heavy atom. The van der Waals surface area contributed by atoms with Gasteiger partial charge in [-0.05, 0) is 6.07 Å². The molecule has 0 saturated heterocycles. The monoisotopic (exact) mass is 155 g/mol. The molecule has 4 heteroatoms. The first-order valence-electron chi connectivity index (χ1n) is 3.09. The lowest BCUT2D eigenvalue weighted by Gasteiger charge is -2.04. The summed E-state index contributed by atoms with van der Waals surface area (Å²) in [6.07, 6.45) is 1.37. The minimum atomic E-state index is -1.49. The van der Waals surface area contributed by atoms with Gasteiger partial charge < -0.3 is 14.9 Å². The summed E-state index contributed by atoms with van der Waals surface area (Å²) < 4.78 is 4.82. The fourth-order valence-electron chi connectivity index (χ4n) is 0.688. The van der Waals surface area contributed by atoms with E-state index in [1.807, 2.05) is 0 Å². The zero-order valence-electron chi connectivity index (χ0n) is 6.06. The van der Waals surface area contributed by atoms with E-state index in [9.17, 15) is 0 Å². The summed E-state index contributed by atoms with van der Waals surface area (Å²) in [5.74, 6) is 0.510. The highest BCUT2D eigenvalue weighted by Gasteiger charge is 2.02. The van der Waals surface area contributed by atoms with Gasteiger partial charge >= 0.3 is 0 Å². The van der Waals surface area contributed by atoms with Gasteiger partial charge in [0.1, 0.15) is 5.75 Å². The van der Waals surface area contributed by atoms with Crippen LogP contribution in [0.2, 0.25) is 0 Å². The van der Waals surface area contributed by atoms with Gasteiger partial charge in [-0.1, -0.05) is 0 Å². The molecule has 0 amide bonds. The van der Waals surface area contributed by atoms with Crippen molar-refractivity contribution in [2.24, 2.45) is 0 Å². The largest absolute Gasteiger partial charge is 0.495 e. The molecule has 2 N–H and O–H groups in total. The molecule has 0 fully saturated rings. The van der Waals surface area contributed by atoms with E-state index in [1.165, 1.54) is 25.6 Å². The topological polar surface area (TPSA) is 62.6 Å². The summed E-state index contributed by atoms with van der Waals surface area (Å²) >= 11 is 0. The van der Waals surface area contributed by atoms with Crippen LogP contribution in [0.25, 0.3) is 0 Å². The van der Waals surface area contributed by atoms with E-state index in [1.54, 1.807) is 0 Å². The molecule has 1 heterocycles. The van der Waals surface area contributed by atoms with Crippen LogP contribution in [0, 0.1) is 0 Å². The number of aliphatic hydroxyl groups excluding tert-OH is 1. The van der Waals surface area contributed by atoms with E-state index in [4.69, 9.17) is 14.9 Å². The van der Waals surface area contributed by atoms with Gasteiger partial charge in [0.15, 0.2) is 6.29 Å². The van der Waals surface area contributed by atoms with Crippen molar-refractivity contribution in [1.82, 2.24) is 4.98 Å². The third-order valence-electron chi connectivity index (χ3n) is 1.27. The molecular formula is C7H9NO3. The van der Waals surface area contributed by atoms with Crippen LogP contribution in [0.3, 0.4) is 0 Å². The molecule has 0 unspecified atom stereocenters. The van der Waals surface area contributed by atoms with Crippen molar-refractivity contribution >= 4 is 0 Å². The van der Waals surface area contributed by atoms with E-state index in [0.717, 1.165) is 0 Å². The van der Waals surface area contributed by atoms with Crippen molar-refractivity contribution in [3.8, 4) is 5.75 Å². The molecule has 0 radical (unpaired) electrons. The summed E-state index contributed by atoms with van der Waals surface area (Å²) in [6, 6.07) is 1.51. The van der Waals surface area contributed by atoms with Crippen LogP contribution in [0.4, 0.5) is 0 Å². The SMILES string of the molecule is COc1cncc(C(O)O)c1. The molecule has 0 spiro atoms. The number of methoxy groups -OCH3 is 1. The number of hydrogen-bond donors (Lipinski definition) is 2. The molecule has 0 aliphatic carbocycles. The van der Waals surface area contributed by atoms with Crippen LogP contribution in [-0.2, 0) is 0 Å². The first kappa shape index (κ1) is 7.97. The molecular weight excluding hydrogens is 146 g/mol. The molecule has 0 aliphatic heterocycles. The van der Waals surface area contributed by atoms with Crippen molar-refractivity contribution in [2.45, 2.75) is 6.29 Å². The Morgan fingerprint density at radius 3 is 2.73 bits per heavy atom. The zero-order valence-corrected chi connectivity index (χ0v) is 6.06. The number of rotatable bonds is 2. The van der Waals surface area contributed by atoms with Gasteiger partial charge in [0, 0.05) is 11.8 Å². The highest BCUT2D eigenvalue weighted by Crippen LogP contribution is 2.14. The Kier molecular flexibility index (Phi) is 2.40. The molecule has 0 atom stereocenters. The minimum absolute atomic E-state index is 0.323. The number of ether oxygens (including phenoxy) is 1. The van der Waals surface area contributed by atoms with E-state index < -0.39 is 6.29 Å². The number of hydrogen-bond acceptors (Lipinski definition) is 4. The average molecular weight is 155 g/mol. The molecule has 0 aliphatic rings. The molecule has 0 bridgehead atoms. The maximum Gasteiger partial charge on any atom is 0.180 e. The molecule has 1 aromatic rings. The van der Waals surface area contributed by atoms with Gasteiger partial charge in [0.2, 0.25) is 0 Å². The Labute approximate surface area is 64.1 Å². The maximum atomic E-state index is 8.70. The van der Waals surface area contributed by atoms with Gasteiger partial charge in [0.25, 0.3) is 0 Å². The number of aromatic nitrogens is 1. The number of aliphatic hydroxyl groups is 2. The second-order valence-corrected chi connectivity index (χ2v) is 2.03. The third-order valence-corrected chi connectivity index (χ3v) is 1.27. The van der Waals surface area contributed by atoms with Crippen LogP contribution >= 0.6 is 0 Å². The van der Waals surface area contributed by atoms with Crippen molar-refractivity contribution in [2.75, 3.05) is 7.11 Å². The Bertz CT molecular complexity index is 237. The normalized spacial score (nSPS) is 10.2. The summed E-state index contributed by atoms with van der Waals surface area (Å²) in [7, 11) is 1.49. The predicted molar refractivity (Wildman–Crippen MR) is 38.0 cm³/mol. The van der Waals surface area contributed by atoms with Crippen molar-refractivity contribution < 1.29 is 14.9 Å². The Morgan fingerprint density at radius 2 is 2.18 bits per heavy atom. The molecule has 0 aromatic carbocycles. The lowest BCUT2D eigenvalue weighted by atomic mass is 10.3. The quantitative estimate of drug-likeness (QED) is 0.593. The van der Waals surface area contributed by atoms with Crippen LogP contribution in [0.5, 0.6) is 5.75 Å². The van der Waals surface area contributed by atoms with Crippen LogP contribution < -0.4 is 4.74 Å². The Balaban J connectivity index is 2.91. The first-order valence-corrected chi connectivity index (χ1v) is 3.09. The molecule has 4 nitrogen and oxygen atoms in total. The maximum absolute atomic E-state index is 8.70. The highest BCUT2D eigenvalue weighted by atomic mass is 16.5. The fourth-order valence-corrected chi connectivity index (χ4v) is 0.688. The number of nitrogens with zero attached hydrogens (tertiary/aromatic N) is 1. The smallest absolute Gasteiger partial charge is 0.180 e.